The van der Waals surface area contributed by atoms with E-state index >= 15 is 0 Å². The Hall–Kier alpha value is -2.70. The summed E-state index contributed by atoms with van der Waals surface area (Å²) in [6.45, 7) is 0.0710. The number of fused-ring (bicyclic) bond motifs is 2. The van der Waals surface area contributed by atoms with Crippen LogP contribution in [0.2, 0.25) is 0 Å². The third kappa shape index (κ3) is 3.61. The summed E-state index contributed by atoms with van der Waals surface area (Å²) in [5.41, 5.74) is 0.256. The highest BCUT2D eigenvalue weighted by Crippen LogP contribution is 2.31. The van der Waals surface area contributed by atoms with Crippen molar-refractivity contribution in [3.8, 4) is 0 Å². The van der Waals surface area contributed by atoms with Crippen molar-refractivity contribution in [2.45, 2.75) is 24.9 Å². The van der Waals surface area contributed by atoms with E-state index in [1.165, 1.54) is 24.3 Å². The standard InChI is InChI=1S/C14H15N3O8S/c18-12(15-9-3-1-2-8(6-9)13(19)20)11-5-4-10-7-16(11)14(21)17(10)25-26(22,23)24/h1-3,6,10-11H,4-5,7H2,(H,15,18)(H,19,20)(H,22,23,24)/t10-,11+/m1/s1. The molecule has 12 heteroatoms. The molecule has 0 radical (unpaired) electrons. The number of hydrogen-bond acceptors (Lipinski definition) is 6. The lowest BCUT2D eigenvalue weighted by atomic mass is 10.00. The molecule has 3 amide bonds. The van der Waals surface area contributed by atoms with Gasteiger partial charge >= 0.3 is 22.4 Å². The summed E-state index contributed by atoms with van der Waals surface area (Å²) in [5.74, 6) is -1.68. The number of aromatic carboxylic acids is 1. The minimum atomic E-state index is -4.86. The zero-order chi connectivity index (χ0) is 19.1. The van der Waals surface area contributed by atoms with E-state index in [0.29, 0.717) is 11.5 Å². The Bertz CT molecular complexity index is 871. The fourth-order valence-electron chi connectivity index (χ4n) is 3.06. The Labute approximate surface area is 148 Å². The van der Waals surface area contributed by atoms with Crippen molar-refractivity contribution in [3.05, 3.63) is 29.8 Å². The van der Waals surface area contributed by atoms with Gasteiger partial charge in [-0.05, 0) is 31.0 Å². The van der Waals surface area contributed by atoms with E-state index in [2.05, 4.69) is 9.60 Å². The van der Waals surface area contributed by atoms with Crippen LogP contribution in [0.3, 0.4) is 0 Å². The summed E-state index contributed by atoms with van der Waals surface area (Å²) in [5, 5.41) is 12.1. The van der Waals surface area contributed by atoms with Gasteiger partial charge in [0.1, 0.15) is 6.04 Å². The number of rotatable bonds is 5. The van der Waals surface area contributed by atoms with Gasteiger partial charge in [0.15, 0.2) is 0 Å². The second-order valence-electron chi connectivity index (χ2n) is 5.89. The zero-order valence-corrected chi connectivity index (χ0v) is 14.0. The molecule has 2 fully saturated rings. The van der Waals surface area contributed by atoms with Crippen LogP contribution in [0.15, 0.2) is 24.3 Å². The molecule has 26 heavy (non-hydrogen) atoms. The summed E-state index contributed by atoms with van der Waals surface area (Å²) in [6, 6.07) is 3.33. The highest BCUT2D eigenvalue weighted by molar-refractivity contribution is 7.80. The Morgan fingerprint density at radius 3 is 2.65 bits per heavy atom. The van der Waals surface area contributed by atoms with Crippen molar-refractivity contribution < 1.29 is 36.7 Å². The number of carbonyl (C=O) groups excluding carboxylic acids is 2. The molecule has 2 heterocycles. The van der Waals surface area contributed by atoms with Crippen LogP contribution in [0.1, 0.15) is 23.2 Å². The normalized spacial score (nSPS) is 22.4. The minimum absolute atomic E-state index is 0.00325. The molecule has 3 N–H and O–H groups in total. The van der Waals surface area contributed by atoms with E-state index in [9.17, 15) is 22.8 Å². The Kier molecular flexibility index (Phi) is 4.56. The molecular formula is C14H15N3O8S. The molecule has 0 saturated carbocycles. The van der Waals surface area contributed by atoms with Crippen LogP contribution in [-0.4, -0.2) is 64.6 Å². The molecule has 0 aliphatic carbocycles. The molecule has 140 valence electrons. The number of hydrogen-bond donors (Lipinski definition) is 3. The van der Waals surface area contributed by atoms with Crippen LogP contribution in [-0.2, 0) is 19.5 Å². The van der Waals surface area contributed by atoms with Gasteiger partial charge in [-0.15, -0.1) is 4.28 Å². The van der Waals surface area contributed by atoms with Gasteiger partial charge in [-0.3, -0.25) is 9.35 Å². The monoisotopic (exact) mass is 385 g/mol. The van der Waals surface area contributed by atoms with Gasteiger partial charge in [0.05, 0.1) is 11.6 Å². The Morgan fingerprint density at radius 1 is 1.27 bits per heavy atom. The van der Waals surface area contributed by atoms with Gasteiger partial charge in [-0.2, -0.15) is 13.5 Å². The fourth-order valence-corrected chi connectivity index (χ4v) is 3.45. The first-order valence-corrected chi connectivity index (χ1v) is 8.93. The number of carbonyl (C=O) groups is 3. The van der Waals surface area contributed by atoms with Gasteiger partial charge in [-0.25, -0.2) is 9.59 Å². The van der Waals surface area contributed by atoms with Crippen molar-refractivity contribution in [2.75, 3.05) is 11.9 Å². The maximum absolute atomic E-state index is 12.5. The number of anilines is 1. The number of piperidine rings is 1. The smallest absolute Gasteiger partial charge is 0.418 e. The van der Waals surface area contributed by atoms with Crippen molar-refractivity contribution >= 4 is 34.0 Å². The SMILES string of the molecule is O=C(O)c1cccc(NC(=O)[C@@H]2CC[C@@H]3CN2C(=O)N3OS(=O)(=O)O)c1. The van der Waals surface area contributed by atoms with Crippen LogP contribution in [0.4, 0.5) is 10.5 Å². The van der Waals surface area contributed by atoms with E-state index in [-0.39, 0.29) is 24.2 Å². The maximum atomic E-state index is 12.5. The summed E-state index contributed by atoms with van der Waals surface area (Å²) < 4.78 is 34.8. The topological polar surface area (TPSA) is 154 Å². The average Bonchev–Trinajstić information content (AvgIpc) is 2.78. The Morgan fingerprint density at radius 2 is 2.00 bits per heavy atom. The van der Waals surface area contributed by atoms with E-state index in [1.54, 1.807) is 0 Å². The van der Waals surface area contributed by atoms with Crippen molar-refractivity contribution in [2.24, 2.45) is 0 Å². The molecule has 2 bridgehead atoms. The number of nitrogens with zero attached hydrogens (tertiary/aromatic N) is 2. The van der Waals surface area contributed by atoms with Crippen molar-refractivity contribution in [3.63, 3.8) is 0 Å². The lowest BCUT2D eigenvalue weighted by Gasteiger charge is -2.29. The summed E-state index contributed by atoms with van der Waals surface area (Å²) in [6.07, 6.45) is 0.553. The summed E-state index contributed by atoms with van der Waals surface area (Å²) >= 11 is 0. The number of hydroxylamine groups is 2. The molecule has 3 rings (SSSR count). The lowest BCUT2D eigenvalue weighted by Crippen LogP contribution is -2.47. The van der Waals surface area contributed by atoms with E-state index in [1.807, 2.05) is 0 Å². The van der Waals surface area contributed by atoms with Gasteiger partial charge in [0.25, 0.3) is 0 Å². The number of carboxylic acid groups (broad SMARTS) is 1. The molecule has 1 aromatic rings. The van der Waals surface area contributed by atoms with Crippen LogP contribution >= 0.6 is 0 Å². The largest absolute Gasteiger partial charge is 0.478 e. The molecule has 11 nitrogen and oxygen atoms in total. The van der Waals surface area contributed by atoms with Crippen LogP contribution in [0.5, 0.6) is 0 Å². The lowest BCUT2D eigenvalue weighted by molar-refractivity contribution is -0.120. The average molecular weight is 385 g/mol. The Balaban J connectivity index is 1.73. The molecule has 1 aromatic carbocycles. The predicted octanol–water partition coefficient (Wildman–Crippen LogP) is 0.326. The third-order valence-corrected chi connectivity index (χ3v) is 4.53. The summed E-state index contributed by atoms with van der Waals surface area (Å²) in [7, 11) is -4.86. The second kappa shape index (κ2) is 6.55. The van der Waals surface area contributed by atoms with Gasteiger partial charge in [0, 0.05) is 12.2 Å². The zero-order valence-electron chi connectivity index (χ0n) is 13.2. The van der Waals surface area contributed by atoms with Crippen LogP contribution in [0.25, 0.3) is 0 Å². The molecule has 2 atom stereocenters. The van der Waals surface area contributed by atoms with E-state index in [4.69, 9.17) is 9.66 Å². The maximum Gasteiger partial charge on any atom is 0.418 e. The van der Waals surface area contributed by atoms with Crippen molar-refractivity contribution in [1.82, 2.24) is 9.96 Å². The molecule has 0 unspecified atom stereocenters. The number of carboxylic acids is 1. The first-order valence-electron chi connectivity index (χ1n) is 7.57. The van der Waals surface area contributed by atoms with Crippen molar-refractivity contribution in [1.29, 1.82) is 0 Å². The summed E-state index contributed by atoms with van der Waals surface area (Å²) in [4.78, 5) is 36.9. The molecule has 2 aliphatic rings. The quantitative estimate of drug-likeness (QED) is 0.613. The van der Waals surface area contributed by atoms with E-state index < -0.39 is 40.4 Å². The van der Waals surface area contributed by atoms with E-state index in [0.717, 1.165) is 4.90 Å². The first-order chi connectivity index (χ1) is 12.2. The van der Waals surface area contributed by atoms with Crippen LogP contribution < -0.4 is 5.32 Å². The fraction of sp³-hybridized carbons (Fsp3) is 0.357. The van der Waals surface area contributed by atoms with Gasteiger partial charge < -0.3 is 15.3 Å². The highest BCUT2D eigenvalue weighted by Gasteiger charge is 2.49. The van der Waals surface area contributed by atoms with Gasteiger partial charge in [0.2, 0.25) is 5.91 Å². The third-order valence-electron chi connectivity index (χ3n) is 4.18. The molecule has 2 aliphatic heterocycles. The number of urea groups is 1. The van der Waals surface area contributed by atoms with Gasteiger partial charge in [-0.1, -0.05) is 6.07 Å². The molecular weight excluding hydrogens is 370 g/mol. The molecule has 2 saturated heterocycles. The highest BCUT2D eigenvalue weighted by atomic mass is 32.3. The number of nitrogens with one attached hydrogen (secondary N) is 1. The first kappa shape index (κ1) is 18.1. The second-order valence-corrected chi connectivity index (χ2v) is 6.89. The number of benzene rings is 1. The predicted molar refractivity (Wildman–Crippen MR) is 85.4 cm³/mol. The van der Waals surface area contributed by atoms with Crippen LogP contribution in [0, 0.1) is 0 Å². The molecule has 0 spiro atoms. The number of amides is 3. The molecule has 0 aromatic heterocycles. The minimum Gasteiger partial charge on any atom is -0.478 e.